The third-order valence-corrected chi connectivity index (χ3v) is 4.55. The molecule has 0 unspecified atom stereocenters. The summed E-state index contributed by atoms with van der Waals surface area (Å²) in [6, 6.07) is 5.54. The molecule has 0 bridgehead atoms. The summed E-state index contributed by atoms with van der Waals surface area (Å²) in [5.41, 5.74) is 2.18. The van der Waals surface area contributed by atoms with E-state index in [0.717, 1.165) is 42.5 Å². The van der Waals surface area contributed by atoms with Crippen LogP contribution in [-0.2, 0) is 6.18 Å². The predicted molar refractivity (Wildman–Crippen MR) is 110 cm³/mol. The van der Waals surface area contributed by atoms with Crippen LogP contribution in [0.3, 0.4) is 0 Å². The lowest BCUT2D eigenvalue weighted by Gasteiger charge is -2.12. The Morgan fingerprint density at radius 3 is 2.26 bits per heavy atom. The number of nitrogens with one attached hydrogen (secondary N) is 2. The van der Waals surface area contributed by atoms with Crippen LogP contribution in [0.1, 0.15) is 15.9 Å². The molecule has 0 saturated heterocycles. The standard InChI is InChI=1S/C21H12ClF6N3O3/c22-11-7-9(21(26,27)28)1-6-16(11)34-10-2-5-15(13(24)8-10)30-20(33)31-19(32)17-12(23)3-4-14(29)18(17)25/h1-8H,29H2,(H2,30,31,32,33). The number of carbonyl (C=O) groups is 2. The van der Waals surface area contributed by atoms with E-state index >= 15 is 0 Å². The summed E-state index contributed by atoms with van der Waals surface area (Å²) in [6.07, 6.45) is -4.62. The Kier molecular flexibility index (Phi) is 6.91. The molecule has 0 heterocycles. The number of benzene rings is 3. The summed E-state index contributed by atoms with van der Waals surface area (Å²) < 4.78 is 85.4. The minimum absolute atomic E-state index is 0.176. The van der Waals surface area contributed by atoms with Crippen molar-refractivity contribution in [3.63, 3.8) is 0 Å². The molecular weight excluding hydrogens is 492 g/mol. The number of imide groups is 1. The largest absolute Gasteiger partial charge is 0.456 e. The molecule has 3 rings (SSSR count). The van der Waals surface area contributed by atoms with E-state index in [2.05, 4.69) is 0 Å². The Labute approximate surface area is 192 Å². The fourth-order valence-corrected chi connectivity index (χ4v) is 2.86. The predicted octanol–water partition coefficient (Wildman–Crippen LogP) is 6.11. The number of nitrogen functional groups attached to an aromatic ring is 1. The van der Waals surface area contributed by atoms with Crippen LogP contribution in [0.5, 0.6) is 11.5 Å². The zero-order valence-corrected chi connectivity index (χ0v) is 17.3. The van der Waals surface area contributed by atoms with Gasteiger partial charge in [0.15, 0.2) is 5.82 Å². The maximum absolute atomic E-state index is 14.3. The topological polar surface area (TPSA) is 93.5 Å². The van der Waals surface area contributed by atoms with Crippen LogP contribution < -0.4 is 21.1 Å². The molecule has 0 radical (unpaired) electrons. The molecule has 3 aromatic carbocycles. The van der Waals surface area contributed by atoms with Crippen molar-refractivity contribution in [1.29, 1.82) is 0 Å². The van der Waals surface area contributed by atoms with Crippen molar-refractivity contribution in [2.45, 2.75) is 6.18 Å². The SMILES string of the molecule is Nc1ccc(F)c(C(=O)NC(=O)Nc2ccc(Oc3ccc(C(F)(F)F)cc3Cl)cc2F)c1F. The molecule has 0 saturated carbocycles. The summed E-state index contributed by atoms with van der Waals surface area (Å²) in [5.74, 6) is -5.54. The summed E-state index contributed by atoms with van der Waals surface area (Å²) >= 11 is 5.78. The van der Waals surface area contributed by atoms with Gasteiger partial charge >= 0.3 is 12.2 Å². The van der Waals surface area contributed by atoms with Crippen molar-refractivity contribution in [2.75, 3.05) is 11.1 Å². The maximum atomic E-state index is 14.3. The molecule has 0 spiro atoms. The molecule has 0 atom stereocenters. The van der Waals surface area contributed by atoms with Crippen LogP contribution in [0.25, 0.3) is 0 Å². The highest BCUT2D eigenvalue weighted by molar-refractivity contribution is 6.32. The number of anilines is 2. The first-order valence-electron chi connectivity index (χ1n) is 9.06. The van der Waals surface area contributed by atoms with Gasteiger partial charge in [-0.1, -0.05) is 11.6 Å². The lowest BCUT2D eigenvalue weighted by atomic mass is 10.1. The van der Waals surface area contributed by atoms with E-state index in [0.29, 0.717) is 6.07 Å². The van der Waals surface area contributed by atoms with E-state index in [1.807, 2.05) is 5.32 Å². The Morgan fingerprint density at radius 1 is 0.941 bits per heavy atom. The molecule has 3 aromatic rings. The van der Waals surface area contributed by atoms with Crippen LogP contribution in [0.2, 0.25) is 5.02 Å². The average molecular weight is 504 g/mol. The van der Waals surface area contributed by atoms with Crippen LogP contribution in [0.4, 0.5) is 42.5 Å². The molecule has 13 heteroatoms. The van der Waals surface area contributed by atoms with Gasteiger partial charge in [0.1, 0.15) is 28.7 Å². The van der Waals surface area contributed by atoms with Crippen LogP contribution in [0, 0.1) is 17.5 Å². The van der Waals surface area contributed by atoms with Crippen LogP contribution >= 0.6 is 11.6 Å². The van der Waals surface area contributed by atoms with Crippen LogP contribution in [-0.4, -0.2) is 11.9 Å². The fourth-order valence-electron chi connectivity index (χ4n) is 2.64. The van der Waals surface area contributed by atoms with Gasteiger partial charge in [-0.05, 0) is 42.5 Å². The first kappa shape index (κ1) is 24.7. The van der Waals surface area contributed by atoms with Gasteiger partial charge in [-0.2, -0.15) is 13.2 Å². The monoisotopic (exact) mass is 503 g/mol. The molecule has 0 aromatic heterocycles. The molecule has 178 valence electrons. The van der Waals surface area contributed by atoms with Crippen molar-refractivity contribution in [1.82, 2.24) is 5.32 Å². The third-order valence-electron chi connectivity index (χ3n) is 4.25. The van der Waals surface area contributed by atoms with E-state index in [1.54, 1.807) is 5.32 Å². The first-order valence-corrected chi connectivity index (χ1v) is 9.44. The highest BCUT2D eigenvalue weighted by Gasteiger charge is 2.31. The molecule has 4 N–H and O–H groups in total. The zero-order chi connectivity index (χ0) is 25.2. The Morgan fingerprint density at radius 2 is 1.65 bits per heavy atom. The quantitative estimate of drug-likeness (QED) is 0.296. The third kappa shape index (κ3) is 5.52. The summed E-state index contributed by atoms with van der Waals surface area (Å²) in [6.45, 7) is 0. The Bertz CT molecular complexity index is 1280. The number of urea groups is 1. The summed E-state index contributed by atoms with van der Waals surface area (Å²) in [5, 5.41) is 3.21. The van der Waals surface area contributed by atoms with Gasteiger partial charge in [-0.3, -0.25) is 10.1 Å². The smallest absolute Gasteiger partial charge is 0.416 e. The number of rotatable bonds is 4. The van der Waals surface area contributed by atoms with E-state index in [4.69, 9.17) is 22.1 Å². The van der Waals surface area contributed by atoms with Gasteiger partial charge in [0.05, 0.1) is 22.0 Å². The number of ether oxygens (including phenoxy) is 1. The summed E-state index contributed by atoms with van der Waals surface area (Å²) in [4.78, 5) is 24.0. The number of halogens is 7. The lowest BCUT2D eigenvalue weighted by Crippen LogP contribution is -2.35. The lowest BCUT2D eigenvalue weighted by molar-refractivity contribution is -0.137. The van der Waals surface area contributed by atoms with Crippen molar-refractivity contribution in [3.8, 4) is 11.5 Å². The minimum Gasteiger partial charge on any atom is -0.456 e. The zero-order valence-electron chi connectivity index (χ0n) is 16.6. The molecule has 6 nitrogen and oxygen atoms in total. The maximum Gasteiger partial charge on any atom is 0.416 e. The molecule has 34 heavy (non-hydrogen) atoms. The fraction of sp³-hybridized carbons (Fsp3) is 0.0476. The molecule has 0 fully saturated rings. The van der Waals surface area contributed by atoms with E-state index in [-0.39, 0.29) is 16.5 Å². The number of nitrogens with two attached hydrogens (primary N) is 1. The number of carbonyl (C=O) groups excluding carboxylic acids is 2. The number of alkyl halides is 3. The minimum atomic E-state index is -4.62. The highest BCUT2D eigenvalue weighted by atomic mass is 35.5. The number of hydrogen-bond donors (Lipinski definition) is 3. The Hall–Kier alpha value is -3.93. The summed E-state index contributed by atoms with van der Waals surface area (Å²) in [7, 11) is 0. The molecule has 0 aliphatic carbocycles. The normalized spacial score (nSPS) is 11.1. The second-order valence-corrected chi connectivity index (χ2v) is 7.03. The van der Waals surface area contributed by atoms with Crippen molar-refractivity contribution >= 4 is 34.9 Å². The van der Waals surface area contributed by atoms with Gasteiger partial charge in [0.25, 0.3) is 5.91 Å². The van der Waals surface area contributed by atoms with Crippen molar-refractivity contribution in [3.05, 3.63) is 82.1 Å². The second-order valence-electron chi connectivity index (χ2n) is 6.62. The van der Waals surface area contributed by atoms with Crippen molar-refractivity contribution < 1.29 is 40.7 Å². The molecule has 0 aliphatic rings. The molecular formula is C21H12ClF6N3O3. The molecule has 3 amide bonds. The number of hydrogen-bond acceptors (Lipinski definition) is 4. The van der Waals surface area contributed by atoms with Gasteiger partial charge in [-0.15, -0.1) is 0 Å². The van der Waals surface area contributed by atoms with Gasteiger partial charge < -0.3 is 15.8 Å². The Balaban J connectivity index is 1.69. The van der Waals surface area contributed by atoms with E-state index < -0.39 is 58.1 Å². The van der Waals surface area contributed by atoms with Crippen LogP contribution in [0.15, 0.2) is 48.5 Å². The molecule has 0 aliphatic heterocycles. The van der Waals surface area contributed by atoms with Gasteiger partial charge in [0.2, 0.25) is 0 Å². The average Bonchev–Trinajstić information content (AvgIpc) is 2.73. The number of amides is 3. The second kappa shape index (κ2) is 9.51. The van der Waals surface area contributed by atoms with E-state index in [9.17, 15) is 35.9 Å². The van der Waals surface area contributed by atoms with Crippen molar-refractivity contribution in [2.24, 2.45) is 0 Å². The highest BCUT2D eigenvalue weighted by Crippen LogP contribution is 2.36. The van der Waals surface area contributed by atoms with Gasteiger partial charge in [-0.25, -0.2) is 18.0 Å². The van der Waals surface area contributed by atoms with Gasteiger partial charge in [0, 0.05) is 6.07 Å². The van der Waals surface area contributed by atoms with E-state index in [1.165, 1.54) is 0 Å². The first-order chi connectivity index (χ1) is 15.9.